The highest BCUT2D eigenvalue weighted by atomic mass is 16.5. The molecule has 136 valence electrons. The van der Waals surface area contributed by atoms with E-state index in [0.29, 0.717) is 29.9 Å². The lowest BCUT2D eigenvalue weighted by molar-refractivity contribution is -0.143. The first-order valence-electron chi connectivity index (χ1n) is 8.37. The fourth-order valence-corrected chi connectivity index (χ4v) is 3.03. The topological polar surface area (TPSA) is 113 Å². The number of rotatable bonds is 5. The summed E-state index contributed by atoms with van der Waals surface area (Å²) in [4.78, 5) is 37.6. The Morgan fingerprint density at radius 1 is 1.27 bits per heavy atom. The van der Waals surface area contributed by atoms with Crippen LogP contribution in [0.2, 0.25) is 0 Å². The number of nitrogens with one attached hydrogen (secondary N) is 1. The Morgan fingerprint density at radius 3 is 2.85 bits per heavy atom. The van der Waals surface area contributed by atoms with Gasteiger partial charge >= 0.3 is 5.97 Å². The van der Waals surface area contributed by atoms with Gasteiger partial charge in [-0.1, -0.05) is 11.2 Å². The molecule has 0 saturated carbocycles. The molecule has 8 heteroatoms. The fourth-order valence-electron chi connectivity index (χ4n) is 3.03. The average molecular weight is 357 g/mol. The zero-order valence-electron chi connectivity index (χ0n) is 14.1. The number of hydrogen-bond acceptors (Lipinski definition) is 5. The number of carbonyl (C=O) groups excluding carboxylic acids is 2. The SMILES string of the molecule is O=C(Cc1ccon1)Nc1cccc(C(=O)N2CCCCC2C(=O)O)c1. The number of benzene rings is 1. The number of hydrogen-bond donors (Lipinski definition) is 2. The van der Waals surface area contributed by atoms with Crippen LogP contribution in [0, 0.1) is 0 Å². The van der Waals surface area contributed by atoms with Gasteiger partial charge in [0, 0.05) is 23.9 Å². The van der Waals surface area contributed by atoms with Gasteiger partial charge in [0.1, 0.15) is 12.3 Å². The molecule has 1 atom stereocenters. The van der Waals surface area contributed by atoms with Crippen LogP contribution in [0.3, 0.4) is 0 Å². The Labute approximate surface area is 149 Å². The molecule has 2 aromatic rings. The third-order valence-corrected chi connectivity index (χ3v) is 4.27. The minimum atomic E-state index is -0.991. The summed E-state index contributed by atoms with van der Waals surface area (Å²) in [7, 11) is 0. The fraction of sp³-hybridized carbons (Fsp3) is 0.333. The average Bonchev–Trinajstić information content (AvgIpc) is 3.14. The highest BCUT2D eigenvalue weighted by molar-refractivity contribution is 5.99. The molecule has 1 fully saturated rings. The molecule has 8 nitrogen and oxygen atoms in total. The molecule has 2 N–H and O–H groups in total. The van der Waals surface area contributed by atoms with Crippen molar-refractivity contribution in [3.05, 3.63) is 47.9 Å². The summed E-state index contributed by atoms with van der Waals surface area (Å²) in [6, 6.07) is 7.28. The smallest absolute Gasteiger partial charge is 0.326 e. The van der Waals surface area contributed by atoms with Gasteiger partial charge in [0.25, 0.3) is 5.91 Å². The molecule has 2 amide bonds. The molecule has 1 aromatic carbocycles. The lowest BCUT2D eigenvalue weighted by Crippen LogP contribution is -2.48. The number of nitrogens with zero attached hydrogens (tertiary/aromatic N) is 2. The summed E-state index contributed by atoms with van der Waals surface area (Å²) in [5.41, 5.74) is 1.32. The summed E-state index contributed by atoms with van der Waals surface area (Å²) in [6.07, 6.45) is 3.47. The second kappa shape index (κ2) is 7.81. The number of aliphatic carboxylic acids is 1. The van der Waals surface area contributed by atoms with Crippen molar-refractivity contribution < 1.29 is 24.0 Å². The highest BCUT2D eigenvalue weighted by Gasteiger charge is 2.32. The van der Waals surface area contributed by atoms with Gasteiger partial charge in [-0.15, -0.1) is 0 Å². The number of aromatic nitrogens is 1. The van der Waals surface area contributed by atoms with E-state index in [9.17, 15) is 19.5 Å². The number of amides is 2. The second-order valence-corrected chi connectivity index (χ2v) is 6.14. The zero-order chi connectivity index (χ0) is 18.5. The van der Waals surface area contributed by atoms with Crippen molar-refractivity contribution in [2.45, 2.75) is 31.7 Å². The van der Waals surface area contributed by atoms with E-state index in [-0.39, 0.29) is 18.2 Å². The van der Waals surface area contributed by atoms with Crippen LogP contribution < -0.4 is 5.32 Å². The van der Waals surface area contributed by atoms with Crippen LogP contribution in [0.1, 0.15) is 35.3 Å². The van der Waals surface area contributed by atoms with Gasteiger partial charge in [-0.25, -0.2) is 4.79 Å². The lowest BCUT2D eigenvalue weighted by Gasteiger charge is -2.33. The predicted molar refractivity (Wildman–Crippen MR) is 91.6 cm³/mol. The van der Waals surface area contributed by atoms with Crippen molar-refractivity contribution in [1.82, 2.24) is 10.1 Å². The summed E-state index contributed by atoms with van der Waals surface area (Å²) in [5.74, 6) is -1.62. The van der Waals surface area contributed by atoms with Crippen LogP contribution in [-0.4, -0.2) is 45.5 Å². The molecule has 0 radical (unpaired) electrons. The Morgan fingerprint density at radius 2 is 2.12 bits per heavy atom. The number of carboxylic acid groups (broad SMARTS) is 1. The van der Waals surface area contributed by atoms with E-state index < -0.39 is 12.0 Å². The molecule has 1 aliphatic heterocycles. The van der Waals surface area contributed by atoms with Crippen molar-refractivity contribution in [2.24, 2.45) is 0 Å². The van der Waals surface area contributed by atoms with Crippen molar-refractivity contribution in [3.8, 4) is 0 Å². The molecule has 1 unspecified atom stereocenters. The van der Waals surface area contributed by atoms with E-state index in [0.717, 1.165) is 12.8 Å². The molecule has 26 heavy (non-hydrogen) atoms. The monoisotopic (exact) mass is 357 g/mol. The molecule has 0 aliphatic carbocycles. The third-order valence-electron chi connectivity index (χ3n) is 4.27. The lowest BCUT2D eigenvalue weighted by atomic mass is 10.0. The third kappa shape index (κ3) is 4.08. The summed E-state index contributed by atoms with van der Waals surface area (Å²) in [5, 5.41) is 15.7. The normalized spacial score (nSPS) is 16.9. The van der Waals surface area contributed by atoms with E-state index in [1.165, 1.54) is 11.2 Å². The van der Waals surface area contributed by atoms with Gasteiger partial charge in [0.05, 0.1) is 12.1 Å². The Bertz CT molecular complexity index is 803. The number of likely N-dealkylation sites (tertiary alicyclic amines) is 1. The van der Waals surface area contributed by atoms with Gasteiger partial charge in [-0.3, -0.25) is 9.59 Å². The first kappa shape index (κ1) is 17.7. The van der Waals surface area contributed by atoms with E-state index in [2.05, 4.69) is 15.0 Å². The van der Waals surface area contributed by atoms with Crippen LogP contribution in [0.4, 0.5) is 5.69 Å². The van der Waals surface area contributed by atoms with Crippen LogP contribution >= 0.6 is 0 Å². The van der Waals surface area contributed by atoms with E-state index in [4.69, 9.17) is 0 Å². The first-order chi connectivity index (χ1) is 12.5. The summed E-state index contributed by atoms with van der Waals surface area (Å²) >= 11 is 0. The Kier molecular flexibility index (Phi) is 5.31. The number of carboxylic acids is 1. The predicted octanol–water partition coefficient (Wildman–Crippen LogP) is 1.94. The van der Waals surface area contributed by atoms with Gasteiger partial charge < -0.3 is 19.8 Å². The Balaban J connectivity index is 1.70. The van der Waals surface area contributed by atoms with Crippen LogP contribution in [0.25, 0.3) is 0 Å². The molecule has 0 spiro atoms. The zero-order valence-corrected chi connectivity index (χ0v) is 14.1. The molecule has 1 saturated heterocycles. The molecule has 1 aliphatic rings. The number of anilines is 1. The van der Waals surface area contributed by atoms with Gasteiger partial charge in [0.15, 0.2) is 0 Å². The highest BCUT2D eigenvalue weighted by Crippen LogP contribution is 2.21. The van der Waals surface area contributed by atoms with Crippen molar-refractivity contribution in [1.29, 1.82) is 0 Å². The maximum absolute atomic E-state index is 12.7. The largest absolute Gasteiger partial charge is 0.480 e. The molecule has 0 bridgehead atoms. The standard InChI is InChI=1S/C18H19N3O5/c22-16(11-14-7-9-26-20-14)19-13-5-3-4-12(10-13)17(23)21-8-2-1-6-15(21)18(24)25/h3-5,7,9-10,15H,1-2,6,8,11H2,(H,19,22)(H,24,25). The Hall–Kier alpha value is -3.16. The maximum Gasteiger partial charge on any atom is 0.326 e. The van der Waals surface area contributed by atoms with Crippen molar-refractivity contribution in [2.75, 3.05) is 11.9 Å². The van der Waals surface area contributed by atoms with E-state index >= 15 is 0 Å². The number of carbonyl (C=O) groups is 3. The molecular weight excluding hydrogens is 338 g/mol. The molecule has 3 rings (SSSR count). The van der Waals surface area contributed by atoms with Crippen molar-refractivity contribution >= 4 is 23.5 Å². The molecular formula is C18H19N3O5. The summed E-state index contributed by atoms with van der Waals surface area (Å²) < 4.78 is 4.68. The van der Waals surface area contributed by atoms with Crippen LogP contribution in [-0.2, 0) is 16.0 Å². The second-order valence-electron chi connectivity index (χ2n) is 6.14. The van der Waals surface area contributed by atoms with Gasteiger partial charge in [0.2, 0.25) is 5.91 Å². The quantitative estimate of drug-likeness (QED) is 0.845. The minimum Gasteiger partial charge on any atom is -0.480 e. The first-order valence-corrected chi connectivity index (χ1v) is 8.37. The maximum atomic E-state index is 12.7. The van der Waals surface area contributed by atoms with Crippen molar-refractivity contribution in [3.63, 3.8) is 0 Å². The number of piperidine rings is 1. The van der Waals surface area contributed by atoms with Gasteiger partial charge in [-0.05, 0) is 37.5 Å². The van der Waals surface area contributed by atoms with E-state index in [1.807, 2.05) is 0 Å². The molecule has 2 heterocycles. The minimum absolute atomic E-state index is 0.0574. The van der Waals surface area contributed by atoms with E-state index in [1.54, 1.807) is 30.3 Å². The van der Waals surface area contributed by atoms with Crippen LogP contribution in [0.5, 0.6) is 0 Å². The summed E-state index contributed by atoms with van der Waals surface area (Å²) in [6.45, 7) is 0.415. The van der Waals surface area contributed by atoms with Crippen LogP contribution in [0.15, 0.2) is 41.1 Å². The van der Waals surface area contributed by atoms with Gasteiger partial charge in [-0.2, -0.15) is 0 Å². The molecule has 1 aromatic heterocycles.